The van der Waals surface area contributed by atoms with Gasteiger partial charge in [0, 0.05) is 5.57 Å². The van der Waals surface area contributed by atoms with Gasteiger partial charge in [-0.3, -0.25) is 8.74 Å². The highest BCUT2D eigenvalue weighted by atomic mass is 32.3. The second-order valence-corrected chi connectivity index (χ2v) is 6.02. The first kappa shape index (κ1) is 31.7. The topological polar surface area (TPSA) is 107 Å². The number of carboxylic acid groups (broad SMARTS) is 1. The average Bonchev–Trinajstić information content (AvgIpc) is 2.60. The van der Waals surface area contributed by atoms with Gasteiger partial charge in [-0.25, -0.2) is 4.79 Å². The summed E-state index contributed by atoms with van der Waals surface area (Å²) in [4.78, 5) is 14.3. The van der Waals surface area contributed by atoms with Gasteiger partial charge in [-0.05, 0) is 46.7 Å². The monoisotopic (exact) mass is 386 g/mol. The first-order valence-corrected chi connectivity index (χ1v) is 9.54. The molecule has 0 aliphatic heterocycles. The zero-order valence-corrected chi connectivity index (χ0v) is 17.9. The first-order chi connectivity index (χ1) is 11.4. The van der Waals surface area contributed by atoms with Crippen molar-refractivity contribution < 1.29 is 27.1 Å². The Labute approximate surface area is 154 Å². The number of carboxylic acids is 1. The first-order valence-electron chi connectivity index (χ1n) is 8.17. The summed E-state index contributed by atoms with van der Waals surface area (Å²) in [6.07, 6.45) is 0.523. The predicted octanol–water partition coefficient (Wildman–Crippen LogP) is 2.39. The summed E-state index contributed by atoms with van der Waals surface area (Å²) in [6, 6.07) is 0. The summed E-state index contributed by atoms with van der Waals surface area (Å²) >= 11 is 0. The van der Waals surface area contributed by atoms with Crippen molar-refractivity contribution in [1.82, 2.24) is 9.80 Å². The van der Waals surface area contributed by atoms with Crippen LogP contribution in [0.15, 0.2) is 12.2 Å². The average molecular weight is 387 g/mol. The zero-order valence-electron chi connectivity index (χ0n) is 17.1. The molecule has 0 radical (unpaired) electrons. The van der Waals surface area contributed by atoms with E-state index in [1.54, 1.807) is 6.92 Å². The number of aliphatic carboxylic acids is 1. The van der Waals surface area contributed by atoms with Gasteiger partial charge in [0.15, 0.2) is 0 Å². The summed E-state index contributed by atoms with van der Waals surface area (Å²) in [5, 5.41) is 8.08. The van der Waals surface area contributed by atoms with Gasteiger partial charge in [-0.2, -0.15) is 8.42 Å². The number of hydrogen-bond acceptors (Lipinski definition) is 6. The lowest BCUT2D eigenvalue weighted by atomic mass is 10.2. The van der Waals surface area contributed by atoms with E-state index in [9.17, 15) is 13.2 Å². The number of carbonyl (C=O) groups is 1. The van der Waals surface area contributed by atoms with E-state index in [0.717, 1.165) is 33.3 Å². The lowest BCUT2D eigenvalue weighted by molar-refractivity contribution is -0.132. The van der Waals surface area contributed by atoms with E-state index >= 15 is 0 Å². The molecule has 0 aliphatic rings. The van der Waals surface area contributed by atoms with E-state index in [4.69, 9.17) is 9.66 Å². The molecule has 0 saturated heterocycles. The smallest absolute Gasteiger partial charge is 0.397 e. The van der Waals surface area contributed by atoms with Crippen molar-refractivity contribution >= 4 is 16.4 Å². The predicted molar refractivity (Wildman–Crippen MR) is 103 cm³/mol. The molecule has 0 atom stereocenters. The molecule has 0 bridgehead atoms. The summed E-state index contributed by atoms with van der Waals surface area (Å²) in [7, 11) is 0.931. The third-order valence-corrected chi connectivity index (χ3v) is 3.52. The van der Waals surface area contributed by atoms with Gasteiger partial charge in [-0.1, -0.05) is 41.2 Å². The Bertz CT molecular complexity index is 395. The standard InChI is InChI=1S/2C5H13N.C5H8O2.CH4O4S/c2*1-4-6(3)5-2;1-3-4(2)5(6)7;1-5-6(2,3)4/h2*4-5H2,1-3H3;2-3H2,1H3,(H,6,7);1H3,(H,2,3,4). The van der Waals surface area contributed by atoms with E-state index < -0.39 is 16.4 Å². The van der Waals surface area contributed by atoms with E-state index in [1.165, 1.54) is 0 Å². The minimum absolute atomic E-state index is 0.264. The Morgan fingerprint density at radius 3 is 1.20 bits per heavy atom. The SMILES string of the molecule is C=C(CC)C(=O)O.CCN(C)CC.CCN(C)CC.COS(=O)(=O)O. The number of nitrogens with zero attached hydrogens (tertiary/aromatic N) is 2. The zero-order chi connectivity index (χ0) is 21.1. The Kier molecular flexibility index (Phi) is 26.7. The van der Waals surface area contributed by atoms with Crippen molar-refractivity contribution in [2.24, 2.45) is 0 Å². The molecular formula is C16H38N2O6S. The molecule has 0 heterocycles. The molecule has 0 fully saturated rings. The van der Waals surface area contributed by atoms with Crippen molar-refractivity contribution in [2.75, 3.05) is 47.4 Å². The summed E-state index contributed by atoms with van der Waals surface area (Å²) in [6.45, 7) is 18.3. The van der Waals surface area contributed by atoms with Crippen molar-refractivity contribution in [3.63, 3.8) is 0 Å². The van der Waals surface area contributed by atoms with Crippen LogP contribution in [0.5, 0.6) is 0 Å². The van der Waals surface area contributed by atoms with E-state index in [2.05, 4.69) is 62.4 Å². The van der Waals surface area contributed by atoms with Crippen LogP contribution < -0.4 is 0 Å². The molecule has 154 valence electrons. The van der Waals surface area contributed by atoms with Crippen molar-refractivity contribution in [1.29, 1.82) is 0 Å². The fourth-order valence-corrected chi connectivity index (χ4v) is 0.598. The maximum absolute atomic E-state index is 9.83. The number of hydrogen-bond donors (Lipinski definition) is 2. The van der Waals surface area contributed by atoms with Crippen LogP contribution in [0.4, 0.5) is 0 Å². The Morgan fingerprint density at radius 2 is 1.20 bits per heavy atom. The van der Waals surface area contributed by atoms with E-state index in [1.807, 2.05) is 0 Å². The molecule has 25 heavy (non-hydrogen) atoms. The summed E-state index contributed by atoms with van der Waals surface area (Å²) < 4.78 is 29.7. The fourth-order valence-electron chi connectivity index (χ4n) is 0.598. The van der Waals surface area contributed by atoms with Gasteiger partial charge in [0.2, 0.25) is 0 Å². The highest BCUT2D eigenvalue weighted by Crippen LogP contribution is 1.93. The maximum atomic E-state index is 9.83. The Hall–Kier alpha value is -1.00. The third-order valence-electron chi connectivity index (χ3n) is 3.10. The molecule has 0 aromatic rings. The molecule has 0 unspecified atom stereocenters. The lowest BCUT2D eigenvalue weighted by Gasteiger charge is -2.07. The Morgan fingerprint density at radius 1 is 0.960 bits per heavy atom. The van der Waals surface area contributed by atoms with Crippen LogP contribution in [-0.2, 0) is 19.4 Å². The molecule has 9 heteroatoms. The molecule has 0 amide bonds. The summed E-state index contributed by atoms with van der Waals surface area (Å²) in [5.41, 5.74) is 0.264. The van der Waals surface area contributed by atoms with Gasteiger partial charge >= 0.3 is 16.4 Å². The van der Waals surface area contributed by atoms with E-state index in [-0.39, 0.29) is 5.57 Å². The van der Waals surface area contributed by atoms with Crippen molar-refractivity contribution in [3.05, 3.63) is 12.2 Å². The molecule has 8 nitrogen and oxygen atoms in total. The van der Waals surface area contributed by atoms with Gasteiger partial charge in [0.25, 0.3) is 0 Å². The molecule has 0 saturated carbocycles. The van der Waals surface area contributed by atoms with Crippen LogP contribution in [0.25, 0.3) is 0 Å². The van der Waals surface area contributed by atoms with Crippen LogP contribution in [0.2, 0.25) is 0 Å². The Balaban J connectivity index is -0.000000118. The van der Waals surface area contributed by atoms with Gasteiger partial charge < -0.3 is 14.9 Å². The van der Waals surface area contributed by atoms with Crippen molar-refractivity contribution in [2.45, 2.75) is 41.0 Å². The molecular weight excluding hydrogens is 348 g/mol. The highest BCUT2D eigenvalue weighted by molar-refractivity contribution is 7.80. The van der Waals surface area contributed by atoms with Crippen LogP contribution in [0.3, 0.4) is 0 Å². The van der Waals surface area contributed by atoms with Crippen LogP contribution >= 0.6 is 0 Å². The molecule has 2 N–H and O–H groups in total. The quantitative estimate of drug-likeness (QED) is 0.507. The summed E-state index contributed by atoms with van der Waals surface area (Å²) in [5.74, 6) is -0.900. The van der Waals surface area contributed by atoms with Gasteiger partial charge in [-0.15, -0.1) is 0 Å². The van der Waals surface area contributed by atoms with E-state index in [0.29, 0.717) is 6.42 Å². The lowest BCUT2D eigenvalue weighted by Crippen LogP contribution is -2.15. The highest BCUT2D eigenvalue weighted by Gasteiger charge is 1.96. The molecule has 0 aromatic carbocycles. The van der Waals surface area contributed by atoms with Gasteiger partial charge in [0.05, 0.1) is 7.11 Å². The second-order valence-electron chi connectivity index (χ2n) is 4.83. The fraction of sp³-hybridized carbons (Fsp3) is 0.812. The normalized spacial score (nSPS) is 9.88. The van der Waals surface area contributed by atoms with Gasteiger partial charge in [0.1, 0.15) is 0 Å². The second kappa shape index (κ2) is 21.0. The van der Waals surface area contributed by atoms with Crippen LogP contribution in [-0.4, -0.2) is 81.2 Å². The molecule has 0 rings (SSSR count). The van der Waals surface area contributed by atoms with Crippen LogP contribution in [0, 0.1) is 0 Å². The minimum atomic E-state index is -4.16. The maximum Gasteiger partial charge on any atom is 0.397 e. The molecule has 0 aliphatic carbocycles. The van der Waals surface area contributed by atoms with Crippen LogP contribution in [0.1, 0.15) is 41.0 Å². The largest absolute Gasteiger partial charge is 0.478 e. The molecule has 0 aromatic heterocycles. The molecule has 0 spiro atoms. The third kappa shape index (κ3) is 39.6. The van der Waals surface area contributed by atoms with Crippen molar-refractivity contribution in [3.8, 4) is 0 Å². The number of rotatable bonds is 7. The minimum Gasteiger partial charge on any atom is -0.478 e.